The van der Waals surface area contributed by atoms with Crippen LogP contribution in [0.15, 0.2) is 54.6 Å². The van der Waals surface area contributed by atoms with E-state index < -0.39 is 17.6 Å². The number of rotatable bonds is 11. The number of carbonyl (C=O) groups excluding carboxylic acids is 1. The Morgan fingerprint density at radius 2 is 1.65 bits per heavy atom. The average Bonchev–Trinajstić information content (AvgIpc) is 2.82. The highest BCUT2D eigenvalue weighted by molar-refractivity contribution is 5.96. The molecule has 2 N–H and O–H groups in total. The molecule has 196 valence electrons. The summed E-state index contributed by atoms with van der Waals surface area (Å²) in [6.07, 6.45) is 0.741. The van der Waals surface area contributed by atoms with Crippen LogP contribution < -0.4 is 10.1 Å². The minimum Gasteiger partial charge on any atom is -0.489 e. The number of benzene rings is 3. The molecule has 1 amide bonds. The summed E-state index contributed by atoms with van der Waals surface area (Å²) in [6, 6.07) is 13.8. The van der Waals surface area contributed by atoms with Crippen molar-refractivity contribution in [1.82, 2.24) is 5.32 Å². The topological polar surface area (TPSA) is 75.6 Å². The molecule has 3 aromatic carbocycles. The number of halogens is 2. The maximum absolute atomic E-state index is 14.0. The molecule has 0 bridgehead atoms. The number of aryl methyl sites for hydroxylation is 3. The highest BCUT2D eigenvalue weighted by atomic mass is 19.1. The van der Waals surface area contributed by atoms with Gasteiger partial charge in [0.05, 0.1) is 6.04 Å². The van der Waals surface area contributed by atoms with Crippen LogP contribution in [0.1, 0.15) is 70.9 Å². The number of carboxylic acids is 1. The molecule has 0 spiro atoms. The number of hydrogen-bond donors (Lipinski definition) is 2. The lowest BCUT2D eigenvalue weighted by atomic mass is 9.93. The molecule has 5 nitrogen and oxygen atoms in total. The van der Waals surface area contributed by atoms with Gasteiger partial charge in [0.1, 0.15) is 24.0 Å². The zero-order valence-corrected chi connectivity index (χ0v) is 21.6. The second-order valence-electron chi connectivity index (χ2n) is 9.81. The molecule has 7 heteroatoms. The van der Waals surface area contributed by atoms with Gasteiger partial charge in [-0.3, -0.25) is 9.59 Å². The largest absolute Gasteiger partial charge is 0.489 e. The van der Waals surface area contributed by atoms with Crippen LogP contribution in [0.25, 0.3) is 0 Å². The fraction of sp³-hybridized carbons (Fsp3) is 0.333. The van der Waals surface area contributed by atoms with Crippen molar-refractivity contribution in [2.75, 3.05) is 0 Å². The molecule has 0 radical (unpaired) electrons. The summed E-state index contributed by atoms with van der Waals surface area (Å²) < 4.78 is 33.2. The number of ether oxygens (including phenoxy) is 1. The van der Waals surface area contributed by atoms with Crippen molar-refractivity contribution >= 4 is 11.9 Å². The summed E-state index contributed by atoms with van der Waals surface area (Å²) in [6.45, 7) is 7.96. The standard InChI is InChI=1S/C30H33F2NO4/c1-18(2)11-28(22-13-19(3)12-20(4)14-22)33-30(36)26-16-25(8-5-21(26)6-10-29(34)35)37-17-23-15-24(31)7-9-27(23)32/h5,7-9,12-16,18,28H,6,10-11,17H2,1-4H3,(H,33,36)(H,34,35). The summed E-state index contributed by atoms with van der Waals surface area (Å²) in [5.41, 5.74) is 4.10. The van der Waals surface area contributed by atoms with Gasteiger partial charge in [0, 0.05) is 17.5 Å². The first-order valence-electron chi connectivity index (χ1n) is 12.3. The summed E-state index contributed by atoms with van der Waals surface area (Å²) in [7, 11) is 0. The minimum atomic E-state index is -0.971. The van der Waals surface area contributed by atoms with Crippen molar-refractivity contribution in [3.63, 3.8) is 0 Å². The first kappa shape index (κ1) is 27.8. The smallest absolute Gasteiger partial charge is 0.303 e. The molecule has 3 rings (SSSR count). The van der Waals surface area contributed by atoms with E-state index in [2.05, 4.69) is 37.4 Å². The van der Waals surface area contributed by atoms with E-state index >= 15 is 0 Å². The lowest BCUT2D eigenvalue weighted by Crippen LogP contribution is -2.30. The van der Waals surface area contributed by atoms with Gasteiger partial charge in [-0.2, -0.15) is 0 Å². The summed E-state index contributed by atoms with van der Waals surface area (Å²) in [5.74, 6) is -1.89. The van der Waals surface area contributed by atoms with E-state index in [1.807, 2.05) is 13.8 Å². The number of aliphatic carboxylic acids is 1. The molecular weight excluding hydrogens is 476 g/mol. The Hall–Kier alpha value is -3.74. The first-order chi connectivity index (χ1) is 17.5. The average molecular weight is 510 g/mol. The van der Waals surface area contributed by atoms with Crippen molar-refractivity contribution in [3.8, 4) is 5.75 Å². The molecule has 3 aromatic rings. The normalized spacial score (nSPS) is 11.9. The highest BCUT2D eigenvalue weighted by Crippen LogP contribution is 2.26. The molecule has 0 aliphatic heterocycles. The van der Waals surface area contributed by atoms with Gasteiger partial charge in [-0.05, 0) is 74.1 Å². The zero-order chi connectivity index (χ0) is 27.1. The Balaban J connectivity index is 1.90. The number of nitrogens with one attached hydrogen (secondary N) is 1. The molecule has 0 aliphatic carbocycles. The van der Waals surface area contributed by atoms with Crippen LogP contribution in [0.2, 0.25) is 0 Å². The maximum Gasteiger partial charge on any atom is 0.303 e. The third-order valence-corrected chi connectivity index (χ3v) is 6.00. The van der Waals surface area contributed by atoms with Gasteiger partial charge in [0.25, 0.3) is 5.91 Å². The van der Waals surface area contributed by atoms with Gasteiger partial charge in [-0.1, -0.05) is 49.2 Å². The zero-order valence-electron chi connectivity index (χ0n) is 21.6. The van der Waals surface area contributed by atoms with Gasteiger partial charge in [-0.25, -0.2) is 8.78 Å². The molecule has 0 aliphatic rings. The SMILES string of the molecule is Cc1cc(C)cc(C(CC(C)C)NC(=O)c2cc(OCc3cc(F)ccc3F)ccc2CCC(=O)O)c1. The molecule has 1 unspecified atom stereocenters. The van der Waals surface area contributed by atoms with Crippen LogP contribution >= 0.6 is 0 Å². The van der Waals surface area contributed by atoms with Gasteiger partial charge in [0.15, 0.2) is 0 Å². The van der Waals surface area contributed by atoms with E-state index in [0.29, 0.717) is 23.7 Å². The molecule has 0 saturated heterocycles. The molecule has 0 saturated carbocycles. The summed E-state index contributed by atoms with van der Waals surface area (Å²) in [5, 5.41) is 12.3. The Labute approximate surface area is 216 Å². The van der Waals surface area contributed by atoms with E-state index in [4.69, 9.17) is 4.74 Å². The predicted octanol–water partition coefficient (Wildman–Crippen LogP) is 6.70. The van der Waals surface area contributed by atoms with Crippen LogP contribution in [-0.4, -0.2) is 17.0 Å². The van der Waals surface area contributed by atoms with Crippen molar-refractivity contribution in [2.24, 2.45) is 5.92 Å². The third-order valence-electron chi connectivity index (χ3n) is 6.00. The van der Waals surface area contributed by atoms with Gasteiger partial charge in [0.2, 0.25) is 0 Å². The van der Waals surface area contributed by atoms with Crippen molar-refractivity contribution < 1.29 is 28.2 Å². The van der Waals surface area contributed by atoms with E-state index in [0.717, 1.165) is 34.9 Å². The van der Waals surface area contributed by atoms with Crippen LogP contribution in [0.4, 0.5) is 8.78 Å². The molecule has 1 atom stereocenters. The summed E-state index contributed by atoms with van der Waals surface area (Å²) >= 11 is 0. The highest BCUT2D eigenvalue weighted by Gasteiger charge is 2.21. The van der Waals surface area contributed by atoms with E-state index in [1.54, 1.807) is 12.1 Å². The number of carboxylic acid groups (broad SMARTS) is 1. The van der Waals surface area contributed by atoms with E-state index in [9.17, 15) is 23.5 Å². The lowest BCUT2D eigenvalue weighted by molar-refractivity contribution is -0.136. The lowest BCUT2D eigenvalue weighted by Gasteiger charge is -2.23. The van der Waals surface area contributed by atoms with Crippen LogP contribution in [-0.2, 0) is 17.8 Å². The molecule has 0 heterocycles. The number of hydrogen-bond acceptors (Lipinski definition) is 3. The Morgan fingerprint density at radius 1 is 0.946 bits per heavy atom. The van der Waals surface area contributed by atoms with Gasteiger partial charge >= 0.3 is 5.97 Å². The van der Waals surface area contributed by atoms with Crippen LogP contribution in [0, 0.1) is 31.4 Å². The second kappa shape index (κ2) is 12.5. The summed E-state index contributed by atoms with van der Waals surface area (Å²) in [4.78, 5) is 24.7. The molecule has 0 aromatic heterocycles. The van der Waals surface area contributed by atoms with Crippen LogP contribution in [0.3, 0.4) is 0 Å². The van der Waals surface area contributed by atoms with E-state index in [-0.39, 0.29) is 42.5 Å². The quantitative estimate of drug-likeness (QED) is 0.302. The maximum atomic E-state index is 14.0. The van der Waals surface area contributed by atoms with Crippen LogP contribution in [0.5, 0.6) is 5.75 Å². The fourth-order valence-electron chi connectivity index (χ4n) is 4.33. The second-order valence-corrected chi connectivity index (χ2v) is 9.81. The van der Waals surface area contributed by atoms with E-state index in [1.165, 1.54) is 6.07 Å². The van der Waals surface area contributed by atoms with Crippen molar-refractivity contribution in [1.29, 1.82) is 0 Å². The Morgan fingerprint density at radius 3 is 2.30 bits per heavy atom. The molecule has 37 heavy (non-hydrogen) atoms. The molecular formula is C30H33F2NO4. The number of amides is 1. The number of carbonyl (C=O) groups is 2. The van der Waals surface area contributed by atoms with Gasteiger partial charge < -0.3 is 15.2 Å². The molecule has 0 fully saturated rings. The first-order valence-corrected chi connectivity index (χ1v) is 12.3. The van der Waals surface area contributed by atoms with Crippen molar-refractivity contribution in [3.05, 3.63) is 99.6 Å². The monoisotopic (exact) mass is 509 g/mol. The third kappa shape index (κ3) is 8.13. The predicted molar refractivity (Wildman–Crippen MR) is 139 cm³/mol. The minimum absolute atomic E-state index is 0.0489. The van der Waals surface area contributed by atoms with Crippen molar-refractivity contribution in [2.45, 2.75) is 59.6 Å². The Kier molecular flexibility index (Phi) is 9.39. The fourth-order valence-corrected chi connectivity index (χ4v) is 4.33. The van der Waals surface area contributed by atoms with Gasteiger partial charge in [-0.15, -0.1) is 0 Å². The Bertz CT molecular complexity index is 1250.